The lowest BCUT2D eigenvalue weighted by molar-refractivity contribution is -0.133. The molecule has 0 spiro atoms. The Bertz CT molecular complexity index is 1040. The Morgan fingerprint density at radius 3 is 2.25 bits per heavy atom. The van der Waals surface area contributed by atoms with Crippen LogP contribution >= 0.6 is 11.3 Å². The van der Waals surface area contributed by atoms with E-state index in [1.54, 1.807) is 22.3 Å². The fraction of sp³-hybridized carbons (Fsp3) is 0.259. The molecule has 2 amide bonds. The van der Waals surface area contributed by atoms with Crippen LogP contribution in [0, 0.1) is 6.92 Å². The van der Waals surface area contributed by atoms with Gasteiger partial charge in [-0.05, 0) is 53.6 Å². The van der Waals surface area contributed by atoms with Crippen molar-refractivity contribution >= 4 is 23.2 Å². The molecule has 0 aliphatic carbocycles. The van der Waals surface area contributed by atoms with Crippen LogP contribution in [0.15, 0.2) is 78.7 Å². The van der Waals surface area contributed by atoms with Gasteiger partial charge in [-0.2, -0.15) is 0 Å². The van der Waals surface area contributed by atoms with Gasteiger partial charge in [0.2, 0.25) is 5.91 Å². The normalized spacial score (nSPS) is 10.6. The molecule has 5 heteroatoms. The minimum Gasteiger partial charge on any atom is -0.332 e. The van der Waals surface area contributed by atoms with Crippen LogP contribution in [0.25, 0.3) is 0 Å². The van der Waals surface area contributed by atoms with Crippen LogP contribution in [0.2, 0.25) is 0 Å². The summed E-state index contributed by atoms with van der Waals surface area (Å²) < 4.78 is 0. The first-order valence-corrected chi connectivity index (χ1v) is 11.7. The molecule has 0 saturated carbocycles. The average Bonchev–Trinajstić information content (AvgIpc) is 3.22. The first kappa shape index (κ1) is 23.5. The van der Waals surface area contributed by atoms with Crippen molar-refractivity contribution in [3.05, 3.63) is 106 Å². The lowest BCUT2D eigenvalue weighted by Crippen LogP contribution is -2.42. The Morgan fingerprint density at radius 2 is 1.66 bits per heavy atom. The summed E-state index contributed by atoms with van der Waals surface area (Å²) in [5, 5.41) is 2.04. The number of aryl methyl sites for hydroxylation is 2. The zero-order chi connectivity index (χ0) is 22.9. The smallest absolute Gasteiger partial charge is 0.254 e. The first-order valence-electron chi connectivity index (χ1n) is 10.9. The first-order chi connectivity index (χ1) is 15.5. The van der Waals surface area contributed by atoms with Gasteiger partial charge in [0.1, 0.15) is 6.54 Å². The van der Waals surface area contributed by atoms with Crippen molar-refractivity contribution in [1.82, 2.24) is 9.80 Å². The van der Waals surface area contributed by atoms with Gasteiger partial charge in [-0.1, -0.05) is 55.5 Å². The van der Waals surface area contributed by atoms with Crippen molar-refractivity contribution in [2.24, 2.45) is 0 Å². The third-order valence-electron chi connectivity index (χ3n) is 5.44. The van der Waals surface area contributed by atoms with Crippen molar-refractivity contribution < 1.29 is 9.59 Å². The highest BCUT2D eigenvalue weighted by atomic mass is 32.1. The number of nitrogens with zero attached hydrogens (tertiary/aromatic N) is 2. The summed E-state index contributed by atoms with van der Waals surface area (Å²) in [7, 11) is 0. The summed E-state index contributed by atoms with van der Waals surface area (Å²) in [6.07, 6.45) is 2.58. The number of hydrogen-bond acceptors (Lipinski definition) is 3. The molecule has 32 heavy (non-hydrogen) atoms. The van der Waals surface area contributed by atoms with Gasteiger partial charge in [-0.3, -0.25) is 9.59 Å². The second-order valence-corrected chi connectivity index (χ2v) is 8.79. The van der Waals surface area contributed by atoms with Crippen molar-refractivity contribution in [2.75, 3.05) is 13.1 Å². The number of rotatable bonds is 10. The van der Waals surface area contributed by atoms with Gasteiger partial charge in [0.25, 0.3) is 5.91 Å². The Labute approximate surface area is 194 Å². The highest BCUT2D eigenvalue weighted by molar-refractivity contribution is 7.10. The van der Waals surface area contributed by atoms with Gasteiger partial charge in [-0.25, -0.2) is 0 Å². The molecule has 0 N–H and O–H groups in total. The Morgan fingerprint density at radius 1 is 0.938 bits per heavy atom. The lowest BCUT2D eigenvalue weighted by atomic mass is 10.1. The quantitative estimate of drug-likeness (QED) is 0.387. The van der Waals surface area contributed by atoms with Crippen molar-refractivity contribution in [2.45, 2.75) is 33.4 Å². The Kier molecular flexibility index (Phi) is 8.40. The van der Waals surface area contributed by atoms with E-state index in [-0.39, 0.29) is 18.4 Å². The van der Waals surface area contributed by atoms with Crippen LogP contribution in [-0.4, -0.2) is 34.7 Å². The van der Waals surface area contributed by atoms with E-state index in [9.17, 15) is 9.59 Å². The van der Waals surface area contributed by atoms with Gasteiger partial charge < -0.3 is 9.80 Å². The number of carbonyl (C=O) groups excluding carboxylic acids is 2. The molecule has 0 fully saturated rings. The van der Waals surface area contributed by atoms with E-state index in [2.05, 4.69) is 26.5 Å². The zero-order valence-corrected chi connectivity index (χ0v) is 19.6. The van der Waals surface area contributed by atoms with E-state index in [4.69, 9.17) is 0 Å². The Balaban J connectivity index is 1.79. The van der Waals surface area contributed by atoms with Gasteiger partial charge in [-0.15, -0.1) is 17.9 Å². The highest BCUT2D eigenvalue weighted by Crippen LogP contribution is 2.20. The molecule has 0 aliphatic rings. The van der Waals surface area contributed by atoms with Gasteiger partial charge in [0.15, 0.2) is 0 Å². The summed E-state index contributed by atoms with van der Waals surface area (Å²) in [5.74, 6) is -0.241. The zero-order valence-electron chi connectivity index (χ0n) is 18.8. The van der Waals surface area contributed by atoms with Crippen LogP contribution in [0.1, 0.15) is 38.8 Å². The topological polar surface area (TPSA) is 40.6 Å². The molecule has 0 atom stereocenters. The highest BCUT2D eigenvalue weighted by Gasteiger charge is 2.23. The molecule has 166 valence electrons. The molecule has 0 saturated heterocycles. The molecular weight excluding hydrogens is 416 g/mol. The SMILES string of the molecule is C=CCN(CC(=O)N(Cc1ccccc1)Cc1sccc1C)C(=O)c1ccc(CC)cc1. The molecular formula is C27H30N2O2S. The molecule has 3 aromatic rings. The van der Waals surface area contributed by atoms with E-state index < -0.39 is 0 Å². The summed E-state index contributed by atoms with van der Waals surface area (Å²) in [6, 6.07) is 19.6. The number of thiophene rings is 1. The fourth-order valence-electron chi connectivity index (χ4n) is 3.48. The van der Waals surface area contributed by atoms with Gasteiger partial charge >= 0.3 is 0 Å². The second-order valence-electron chi connectivity index (χ2n) is 7.79. The van der Waals surface area contributed by atoms with Crippen LogP contribution in [0.3, 0.4) is 0 Å². The minimum atomic E-state index is -0.159. The van der Waals surface area contributed by atoms with Crippen LogP contribution in [-0.2, 0) is 24.3 Å². The number of carbonyl (C=O) groups is 2. The third-order valence-corrected chi connectivity index (χ3v) is 6.45. The molecule has 2 aromatic carbocycles. The fourth-order valence-corrected chi connectivity index (χ4v) is 4.40. The summed E-state index contributed by atoms with van der Waals surface area (Å²) in [5.41, 5.74) is 4.00. The maximum absolute atomic E-state index is 13.4. The molecule has 3 rings (SSSR count). The third kappa shape index (κ3) is 6.17. The lowest BCUT2D eigenvalue weighted by Gasteiger charge is -2.27. The van der Waals surface area contributed by atoms with Crippen molar-refractivity contribution in [3.63, 3.8) is 0 Å². The molecule has 0 aliphatic heterocycles. The molecule has 0 radical (unpaired) electrons. The van der Waals surface area contributed by atoms with E-state index >= 15 is 0 Å². The van der Waals surface area contributed by atoms with Gasteiger partial charge in [0.05, 0.1) is 6.54 Å². The van der Waals surface area contributed by atoms with Crippen molar-refractivity contribution in [3.8, 4) is 0 Å². The summed E-state index contributed by atoms with van der Waals surface area (Å²) in [6.45, 7) is 9.27. The maximum Gasteiger partial charge on any atom is 0.254 e. The van der Waals surface area contributed by atoms with Crippen LogP contribution < -0.4 is 0 Å². The number of amides is 2. The van der Waals surface area contributed by atoms with Crippen LogP contribution in [0.4, 0.5) is 0 Å². The average molecular weight is 447 g/mol. The number of hydrogen-bond donors (Lipinski definition) is 0. The predicted octanol–water partition coefficient (Wildman–Crippen LogP) is 5.48. The van der Waals surface area contributed by atoms with Crippen molar-refractivity contribution in [1.29, 1.82) is 0 Å². The largest absolute Gasteiger partial charge is 0.332 e. The molecule has 0 bridgehead atoms. The van der Waals surface area contributed by atoms with Gasteiger partial charge in [0, 0.05) is 23.5 Å². The number of benzene rings is 2. The van der Waals surface area contributed by atoms with Crippen LogP contribution in [0.5, 0.6) is 0 Å². The monoisotopic (exact) mass is 446 g/mol. The van der Waals surface area contributed by atoms with E-state index in [1.165, 1.54) is 11.1 Å². The molecule has 4 nitrogen and oxygen atoms in total. The van der Waals surface area contributed by atoms with E-state index in [0.29, 0.717) is 25.2 Å². The minimum absolute atomic E-state index is 0.0115. The standard InChI is InChI=1S/C27H30N2O2S/c1-4-16-28(27(31)24-13-11-22(5-2)12-14-24)20-26(30)29(18-23-9-7-6-8-10-23)19-25-21(3)15-17-32-25/h4,6-15,17H,1,5,16,18-20H2,2-3H3. The summed E-state index contributed by atoms with van der Waals surface area (Å²) >= 11 is 1.65. The van der Waals surface area contributed by atoms with E-state index in [0.717, 1.165) is 16.9 Å². The predicted molar refractivity (Wildman–Crippen MR) is 132 cm³/mol. The summed E-state index contributed by atoms with van der Waals surface area (Å²) in [4.78, 5) is 31.1. The molecule has 1 heterocycles. The Hall–Kier alpha value is -3.18. The second kappa shape index (κ2) is 11.4. The molecule has 0 unspecified atom stereocenters. The van der Waals surface area contributed by atoms with E-state index in [1.807, 2.05) is 64.9 Å². The maximum atomic E-state index is 13.4. The molecule has 1 aromatic heterocycles.